The Morgan fingerprint density at radius 3 is 2.23 bits per heavy atom. The molecule has 0 aromatic carbocycles. The number of hydrogen-bond donors (Lipinski definition) is 0. The molecule has 0 N–H and O–H groups in total. The van der Waals surface area contributed by atoms with Crippen LogP contribution in [0, 0.1) is 6.61 Å². The van der Waals surface area contributed by atoms with Crippen molar-refractivity contribution in [2.24, 2.45) is 0 Å². The molecule has 0 spiro atoms. The highest BCUT2D eigenvalue weighted by Gasteiger charge is 2.08. The van der Waals surface area contributed by atoms with Crippen molar-refractivity contribution >= 4 is 5.97 Å². The molecule has 13 heavy (non-hydrogen) atoms. The molecule has 77 valence electrons. The highest BCUT2D eigenvalue weighted by molar-refractivity contribution is 5.71. The molecule has 0 aliphatic rings. The molecule has 0 rings (SSSR count). The number of esters is 1. The Kier molecular flexibility index (Phi) is 7.69. The van der Waals surface area contributed by atoms with Gasteiger partial charge in [-0.05, 0) is 32.9 Å². The highest BCUT2D eigenvalue weighted by atomic mass is 16.5. The first kappa shape index (κ1) is 12.4. The summed E-state index contributed by atoms with van der Waals surface area (Å²) in [6, 6.07) is 0. The molecule has 0 aliphatic carbocycles. The highest BCUT2D eigenvalue weighted by Crippen LogP contribution is 1.95. The molecule has 3 nitrogen and oxygen atoms in total. The molecule has 3 heteroatoms. The standard InChI is InChI=1S/C10H20NO2/c1-4-7-11(8-5-2)9-10(12)13-6-3/h6H,4-5,7-9H2,1-3H3. The first-order valence-corrected chi connectivity index (χ1v) is 4.94. The molecule has 0 aromatic heterocycles. The monoisotopic (exact) mass is 186 g/mol. The summed E-state index contributed by atoms with van der Waals surface area (Å²) in [7, 11) is 0. The Morgan fingerprint density at radius 1 is 1.31 bits per heavy atom. The van der Waals surface area contributed by atoms with E-state index >= 15 is 0 Å². The van der Waals surface area contributed by atoms with Gasteiger partial charge in [0.15, 0.2) is 0 Å². The van der Waals surface area contributed by atoms with E-state index in [9.17, 15) is 4.79 Å². The zero-order valence-electron chi connectivity index (χ0n) is 8.88. The number of carbonyl (C=O) groups is 1. The minimum Gasteiger partial charge on any atom is -0.458 e. The average Bonchev–Trinajstić information content (AvgIpc) is 2.05. The smallest absolute Gasteiger partial charge is 0.320 e. The second-order valence-corrected chi connectivity index (χ2v) is 3.00. The van der Waals surface area contributed by atoms with E-state index in [1.54, 1.807) is 6.92 Å². The molecule has 0 aromatic rings. The van der Waals surface area contributed by atoms with Gasteiger partial charge >= 0.3 is 5.97 Å². The zero-order valence-corrected chi connectivity index (χ0v) is 8.88. The fourth-order valence-corrected chi connectivity index (χ4v) is 1.25. The molecule has 0 bridgehead atoms. The van der Waals surface area contributed by atoms with Gasteiger partial charge in [-0.25, -0.2) is 0 Å². The van der Waals surface area contributed by atoms with Crippen molar-refractivity contribution in [3.05, 3.63) is 6.61 Å². The second kappa shape index (κ2) is 8.05. The number of rotatable bonds is 7. The summed E-state index contributed by atoms with van der Waals surface area (Å²) in [6.45, 7) is 9.70. The Hall–Kier alpha value is -0.570. The molecule has 1 radical (unpaired) electrons. The van der Waals surface area contributed by atoms with Crippen molar-refractivity contribution in [1.29, 1.82) is 0 Å². The van der Waals surface area contributed by atoms with Crippen LogP contribution in [0.15, 0.2) is 0 Å². The van der Waals surface area contributed by atoms with E-state index in [4.69, 9.17) is 4.74 Å². The lowest BCUT2D eigenvalue weighted by atomic mass is 10.3. The predicted molar refractivity (Wildman–Crippen MR) is 53.1 cm³/mol. The molecule has 0 aliphatic heterocycles. The Labute approximate surface area is 81.1 Å². The lowest BCUT2D eigenvalue weighted by molar-refractivity contribution is -0.141. The van der Waals surface area contributed by atoms with Gasteiger partial charge in [-0.2, -0.15) is 0 Å². The third kappa shape index (κ3) is 6.58. The van der Waals surface area contributed by atoms with Crippen LogP contribution in [0.25, 0.3) is 0 Å². The summed E-state index contributed by atoms with van der Waals surface area (Å²) in [4.78, 5) is 13.2. The van der Waals surface area contributed by atoms with Crippen molar-refractivity contribution in [2.45, 2.75) is 33.6 Å². The van der Waals surface area contributed by atoms with Crippen molar-refractivity contribution < 1.29 is 9.53 Å². The van der Waals surface area contributed by atoms with Gasteiger partial charge in [-0.15, -0.1) is 0 Å². The molecule has 0 atom stereocenters. The quantitative estimate of drug-likeness (QED) is 0.568. The van der Waals surface area contributed by atoms with Gasteiger partial charge in [0.1, 0.15) is 6.61 Å². The van der Waals surface area contributed by atoms with Gasteiger partial charge in [-0.3, -0.25) is 9.69 Å². The van der Waals surface area contributed by atoms with Gasteiger partial charge in [0.05, 0.1) is 6.54 Å². The van der Waals surface area contributed by atoms with E-state index in [0.717, 1.165) is 25.9 Å². The Balaban J connectivity index is 3.71. The third-order valence-corrected chi connectivity index (χ3v) is 1.68. The number of nitrogens with zero attached hydrogens (tertiary/aromatic N) is 1. The summed E-state index contributed by atoms with van der Waals surface area (Å²) < 4.78 is 4.76. The molecular weight excluding hydrogens is 166 g/mol. The maximum Gasteiger partial charge on any atom is 0.320 e. The molecule has 0 amide bonds. The van der Waals surface area contributed by atoms with Gasteiger partial charge in [0, 0.05) is 0 Å². The third-order valence-electron chi connectivity index (χ3n) is 1.68. The van der Waals surface area contributed by atoms with Crippen LogP contribution in [0.1, 0.15) is 33.6 Å². The van der Waals surface area contributed by atoms with Gasteiger partial charge < -0.3 is 4.74 Å². The van der Waals surface area contributed by atoms with Crippen LogP contribution in [-0.4, -0.2) is 30.5 Å². The van der Waals surface area contributed by atoms with E-state index in [-0.39, 0.29) is 5.97 Å². The molecule has 0 saturated heterocycles. The van der Waals surface area contributed by atoms with E-state index < -0.39 is 0 Å². The van der Waals surface area contributed by atoms with E-state index in [0.29, 0.717) is 6.54 Å². The molecule has 0 saturated carbocycles. The zero-order chi connectivity index (χ0) is 10.1. The number of carbonyl (C=O) groups excluding carboxylic acids is 1. The van der Waals surface area contributed by atoms with Crippen LogP contribution in [0.4, 0.5) is 0 Å². The lowest BCUT2D eigenvalue weighted by Crippen LogP contribution is -2.32. The largest absolute Gasteiger partial charge is 0.458 e. The minimum atomic E-state index is -0.163. The van der Waals surface area contributed by atoms with E-state index in [1.165, 1.54) is 6.61 Å². The average molecular weight is 186 g/mol. The van der Waals surface area contributed by atoms with Gasteiger partial charge in [-0.1, -0.05) is 13.8 Å². The minimum absolute atomic E-state index is 0.163. The van der Waals surface area contributed by atoms with Crippen molar-refractivity contribution in [2.75, 3.05) is 19.6 Å². The summed E-state index contributed by atoms with van der Waals surface area (Å²) >= 11 is 0. The number of ether oxygens (including phenoxy) is 1. The fourth-order valence-electron chi connectivity index (χ4n) is 1.25. The molecule has 0 unspecified atom stereocenters. The van der Waals surface area contributed by atoms with Gasteiger partial charge in [0.2, 0.25) is 0 Å². The maximum absolute atomic E-state index is 11.1. The molecular formula is C10H20NO2. The first-order chi connectivity index (χ1) is 6.24. The van der Waals surface area contributed by atoms with Crippen LogP contribution in [-0.2, 0) is 9.53 Å². The van der Waals surface area contributed by atoms with Crippen molar-refractivity contribution in [3.8, 4) is 0 Å². The van der Waals surface area contributed by atoms with Crippen LogP contribution in [0.5, 0.6) is 0 Å². The first-order valence-electron chi connectivity index (χ1n) is 4.94. The molecule has 0 heterocycles. The predicted octanol–water partition coefficient (Wildman–Crippen LogP) is 1.83. The number of hydrogen-bond acceptors (Lipinski definition) is 3. The van der Waals surface area contributed by atoms with Crippen LogP contribution in [0.2, 0.25) is 0 Å². The SMILES string of the molecule is C[CH]OC(=O)CN(CCC)CCC. The van der Waals surface area contributed by atoms with Crippen LogP contribution in [0.3, 0.4) is 0 Å². The summed E-state index contributed by atoms with van der Waals surface area (Å²) in [5, 5.41) is 0. The second-order valence-electron chi connectivity index (χ2n) is 3.00. The summed E-state index contributed by atoms with van der Waals surface area (Å²) in [5.74, 6) is -0.163. The van der Waals surface area contributed by atoms with E-state index in [2.05, 4.69) is 18.7 Å². The Morgan fingerprint density at radius 2 is 1.85 bits per heavy atom. The van der Waals surface area contributed by atoms with Crippen molar-refractivity contribution in [3.63, 3.8) is 0 Å². The van der Waals surface area contributed by atoms with E-state index in [1.807, 2.05) is 0 Å². The van der Waals surface area contributed by atoms with Gasteiger partial charge in [0.25, 0.3) is 0 Å². The van der Waals surface area contributed by atoms with Crippen molar-refractivity contribution in [1.82, 2.24) is 4.90 Å². The van der Waals surface area contributed by atoms with Crippen LogP contribution < -0.4 is 0 Å². The normalized spacial score (nSPS) is 10.5. The topological polar surface area (TPSA) is 29.5 Å². The Bertz CT molecular complexity index is 131. The maximum atomic E-state index is 11.1. The summed E-state index contributed by atoms with van der Waals surface area (Å²) in [5.41, 5.74) is 0. The molecule has 0 fully saturated rings. The lowest BCUT2D eigenvalue weighted by Gasteiger charge is -2.19. The fraction of sp³-hybridized carbons (Fsp3) is 0.800. The van der Waals surface area contributed by atoms with Crippen LogP contribution >= 0.6 is 0 Å². The summed E-state index contributed by atoms with van der Waals surface area (Å²) in [6.07, 6.45) is 2.15.